The molecule has 0 spiro atoms. The first-order chi connectivity index (χ1) is 6.79. The number of hydrogen-bond acceptors (Lipinski definition) is 3. The predicted octanol–water partition coefficient (Wildman–Crippen LogP) is 1.07. The van der Waals surface area contributed by atoms with E-state index in [1.807, 2.05) is 12.1 Å². The number of nitrogens with zero attached hydrogens (tertiary/aromatic N) is 2. The molecule has 1 N–H and O–H groups in total. The van der Waals surface area contributed by atoms with E-state index >= 15 is 0 Å². The highest BCUT2D eigenvalue weighted by Gasteiger charge is 2.24. The maximum atomic E-state index is 4.35. The molecule has 1 aromatic rings. The van der Waals surface area contributed by atoms with Crippen LogP contribution < -0.4 is 10.2 Å². The second-order valence-corrected chi connectivity index (χ2v) is 3.88. The van der Waals surface area contributed by atoms with Crippen molar-refractivity contribution in [1.82, 2.24) is 10.3 Å². The zero-order valence-corrected chi connectivity index (χ0v) is 8.70. The summed E-state index contributed by atoms with van der Waals surface area (Å²) in [7, 11) is 0. The lowest BCUT2D eigenvalue weighted by Crippen LogP contribution is -2.55. The summed E-state index contributed by atoms with van der Waals surface area (Å²) in [5.41, 5.74) is 0. The van der Waals surface area contributed by atoms with Gasteiger partial charge in [-0.1, -0.05) is 0 Å². The van der Waals surface area contributed by atoms with Crippen LogP contribution >= 0.6 is 0 Å². The second kappa shape index (κ2) is 3.96. The average Bonchev–Trinajstić information content (AvgIpc) is 2.19. The van der Waals surface area contributed by atoms with E-state index in [1.165, 1.54) is 0 Å². The van der Waals surface area contributed by atoms with E-state index in [0.29, 0.717) is 12.1 Å². The number of piperazine rings is 1. The maximum Gasteiger partial charge on any atom is 0.129 e. The zero-order chi connectivity index (χ0) is 9.97. The summed E-state index contributed by atoms with van der Waals surface area (Å²) in [5, 5.41) is 3.41. The van der Waals surface area contributed by atoms with Gasteiger partial charge in [0.2, 0.25) is 0 Å². The van der Waals surface area contributed by atoms with Crippen LogP contribution in [-0.2, 0) is 0 Å². The normalized spacial score (nSPS) is 27.7. The van der Waals surface area contributed by atoms with Gasteiger partial charge in [-0.3, -0.25) is 0 Å². The van der Waals surface area contributed by atoms with Crippen molar-refractivity contribution in [2.45, 2.75) is 25.9 Å². The van der Waals surface area contributed by atoms with Gasteiger partial charge in [0.15, 0.2) is 0 Å². The van der Waals surface area contributed by atoms with E-state index in [2.05, 4.69) is 35.1 Å². The second-order valence-electron chi connectivity index (χ2n) is 3.88. The van der Waals surface area contributed by atoms with Crippen LogP contribution in [0.2, 0.25) is 0 Å². The lowest BCUT2D eigenvalue weighted by Gasteiger charge is -2.40. The molecule has 3 heteroatoms. The lowest BCUT2D eigenvalue weighted by molar-refractivity contribution is 0.429. The third-order valence-electron chi connectivity index (χ3n) is 2.69. The van der Waals surface area contributed by atoms with Crippen molar-refractivity contribution in [3.05, 3.63) is 24.4 Å². The third-order valence-corrected chi connectivity index (χ3v) is 2.69. The molecule has 75 valence electrons. The highest BCUT2D eigenvalue weighted by molar-refractivity contribution is 5.41. The van der Waals surface area contributed by atoms with Crippen LogP contribution in [0.3, 0.4) is 0 Å². The molecule has 1 saturated heterocycles. The van der Waals surface area contributed by atoms with Crippen molar-refractivity contribution < 1.29 is 0 Å². The van der Waals surface area contributed by atoms with Crippen LogP contribution in [0.15, 0.2) is 18.3 Å². The molecule has 1 aliphatic rings. The quantitative estimate of drug-likeness (QED) is 0.718. The fourth-order valence-electron chi connectivity index (χ4n) is 2.05. The number of aromatic nitrogens is 1. The summed E-state index contributed by atoms with van der Waals surface area (Å²) in [6.45, 7) is 6.51. The standard InChI is InChI=1S/C11H16N3/c1-9-7-12-8-10(2)14(9)11-5-3-4-6-13-11/h3,5-6,9-10,12H,7-8H2,1-2H3/t9-,10+. The minimum Gasteiger partial charge on any atom is -0.349 e. The van der Waals surface area contributed by atoms with E-state index in [-0.39, 0.29) is 0 Å². The molecular weight excluding hydrogens is 174 g/mol. The van der Waals surface area contributed by atoms with Crippen molar-refractivity contribution in [2.24, 2.45) is 0 Å². The van der Waals surface area contributed by atoms with E-state index in [0.717, 1.165) is 18.9 Å². The molecule has 3 nitrogen and oxygen atoms in total. The predicted molar refractivity (Wildman–Crippen MR) is 57.3 cm³/mol. The molecule has 2 atom stereocenters. The molecule has 2 heterocycles. The molecule has 0 amide bonds. The van der Waals surface area contributed by atoms with Gasteiger partial charge in [0.25, 0.3) is 0 Å². The highest BCUT2D eigenvalue weighted by atomic mass is 15.3. The molecule has 0 unspecified atom stereocenters. The van der Waals surface area contributed by atoms with Crippen LogP contribution in [0.1, 0.15) is 13.8 Å². The number of nitrogens with one attached hydrogen (secondary N) is 1. The van der Waals surface area contributed by atoms with E-state index in [1.54, 1.807) is 6.20 Å². The van der Waals surface area contributed by atoms with Gasteiger partial charge >= 0.3 is 0 Å². The van der Waals surface area contributed by atoms with Gasteiger partial charge in [-0.2, -0.15) is 0 Å². The Morgan fingerprint density at radius 2 is 2.14 bits per heavy atom. The number of rotatable bonds is 1. The van der Waals surface area contributed by atoms with Crippen LogP contribution in [0.4, 0.5) is 5.82 Å². The lowest BCUT2D eigenvalue weighted by atomic mass is 10.1. The number of hydrogen-bond donors (Lipinski definition) is 1. The summed E-state index contributed by atoms with van der Waals surface area (Å²) in [6.07, 6.45) is 1.73. The first-order valence-electron chi connectivity index (χ1n) is 5.10. The van der Waals surface area contributed by atoms with Gasteiger partial charge in [-0.25, -0.2) is 4.98 Å². The van der Waals surface area contributed by atoms with Crippen molar-refractivity contribution in [3.8, 4) is 0 Å². The van der Waals surface area contributed by atoms with Crippen molar-refractivity contribution >= 4 is 5.82 Å². The molecule has 1 radical (unpaired) electrons. The van der Waals surface area contributed by atoms with Crippen molar-refractivity contribution in [3.63, 3.8) is 0 Å². The summed E-state index contributed by atoms with van der Waals surface area (Å²) in [5.74, 6) is 1.06. The third kappa shape index (κ3) is 1.73. The van der Waals surface area contributed by atoms with Crippen LogP contribution in [-0.4, -0.2) is 30.2 Å². The Hall–Kier alpha value is -1.09. The molecule has 0 saturated carbocycles. The van der Waals surface area contributed by atoms with Gasteiger partial charge < -0.3 is 10.2 Å². The minimum atomic E-state index is 0.508. The molecule has 0 aromatic carbocycles. The monoisotopic (exact) mass is 190 g/mol. The van der Waals surface area contributed by atoms with Gasteiger partial charge in [-0.15, -0.1) is 0 Å². The first-order valence-corrected chi connectivity index (χ1v) is 5.10. The molecule has 1 aromatic heterocycles. The molecule has 14 heavy (non-hydrogen) atoms. The topological polar surface area (TPSA) is 28.2 Å². The van der Waals surface area contributed by atoms with Crippen LogP contribution in [0, 0.1) is 6.07 Å². The maximum absolute atomic E-state index is 4.35. The molecule has 2 rings (SSSR count). The molecule has 0 aliphatic carbocycles. The Kier molecular flexibility index (Phi) is 2.68. The zero-order valence-electron chi connectivity index (χ0n) is 8.70. The van der Waals surface area contributed by atoms with E-state index in [9.17, 15) is 0 Å². The average molecular weight is 190 g/mol. The highest BCUT2D eigenvalue weighted by Crippen LogP contribution is 2.18. The fourth-order valence-corrected chi connectivity index (χ4v) is 2.05. The van der Waals surface area contributed by atoms with Crippen molar-refractivity contribution in [2.75, 3.05) is 18.0 Å². The molecule has 0 bridgehead atoms. The number of anilines is 1. The Balaban J connectivity index is 2.23. The Labute approximate surface area is 85.1 Å². The summed E-state index contributed by atoms with van der Waals surface area (Å²) in [6, 6.07) is 7.91. The van der Waals surface area contributed by atoms with Crippen LogP contribution in [0.25, 0.3) is 0 Å². The first kappa shape index (κ1) is 9.46. The van der Waals surface area contributed by atoms with Gasteiger partial charge in [-0.05, 0) is 26.0 Å². The van der Waals surface area contributed by atoms with Crippen molar-refractivity contribution in [1.29, 1.82) is 0 Å². The number of pyridine rings is 1. The van der Waals surface area contributed by atoms with E-state index in [4.69, 9.17) is 0 Å². The Morgan fingerprint density at radius 1 is 1.43 bits per heavy atom. The molecular formula is C11H16N3. The van der Waals surface area contributed by atoms with Gasteiger partial charge in [0, 0.05) is 37.4 Å². The molecule has 1 fully saturated rings. The smallest absolute Gasteiger partial charge is 0.129 e. The Bertz CT molecular complexity index is 276. The largest absolute Gasteiger partial charge is 0.349 e. The molecule has 1 aliphatic heterocycles. The van der Waals surface area contributed by atoms with Gasteiger partial charge in [0.05, 0.1) is 0 Å². The Morgan fingerprint density at radius 3 is 2.71 bits per heavy atom. The SMILES string of the molecule is C[C@@H]1CNC[C@H](C)N1c1cc[c]cn1. The minimum absolute atomic E-state index is 0.508. The van der Waals surface area contributed by atoms with E-state index < -0.39 is 0 Å². The fraction of sp³-hybridized carbons (Fsp3) is 0.545. The summed E-state index contributed by atoms with van der Waals surface area (Å²) in [4.78, 5) is 6.71. The summed E-state index contributed by atoms with van der Waals surface area (Å²) < 4.78 is 0. The van der Waals surface area contributed by atoms with Gasteiger partial charge in [0.1, 0.15) is 5.82 Å². The van der Waals surface area contributed by atoms with Crippen LogP contribution in [0.5, 0.6) is 0 Å². The summed E-state index contributed by atoms with van der Waals surface area (Å²) >= 11 is 0.